The highest BCUT2D eigenvalue weighted by atomic mass is 16.4. The lowest BCUT2D eigenvalue weighted by atomic mass is 9.99. The van der Waals surface area contributed by atoms with E-state index in [-0.39, 0.29) is 43.1 Å². The molecule has 0 aliphatic heterocycles. The molecular formula is C32H38N4O5. The number of hydrogen-bond donors (Lipinski definition) is 4. The molecule has 0 unspecified atom stereocenters. The molecule has 0 aliphatic rings. The number of aliphatic carboxylic acids is 1. The Bertz CT molecular complexity index is 1330. The highest BCUT2D eigenvalue weighted by molar-refractivity contribution is 6.00. The Morgan fingerprint density at radius 1 is 0.829 bits per heavy atom. The summed E-state index contributed by atoms with van der Waals surface area (Å²) >= 11 is 0. The summed E-state index contributed by atoms with van der Waals surface area (Å²) in [6.45, 7) is 5.68. The molecule has 0 bridgehead atoms. The molecule has 1 atom stereocenters. The number of nitrogens with one attached hydrogen (secondary N) is 3. The van der Waals surface area contributed by atoms with Crippen LogP contribution in [-0.4, -0.2) is 46.4 Å². The van der Waals surface area contributed by atoms with Crippen LogP contribution in [-0.2, 0) is 27.3 Å². The third kappa shape index (κ3) is 10.8. The second kappa shape index (κ2) is 15.2. The predicted octanol–water partition coefficient (Wildman–Crippen LogP) is 5.22. The summed E-state index contributed by atoms with van der Waals surface area (Å²) in [6, 6.07) is 22.9. The molecular weight excluding hydrogens is 520 g/mol. The normalized spacial score (nSPS) is 11.4. The van der Waals surface area contributed by atoms with Gasteiger partial charge in [0.1, 0.15) is 6.54 Å². The van der Waals surface area contributed by atoms with E-state index in [1.54, 1.807) is 24.3 Å². The van der Waals surface area contributed by atoms with Gasteiger partial charge in [-0.25, -0.2) is 4.79 Å². The molecule has 0 aromatic heterocycles. The predicted molar refractivity (Wildman–Crippen MR) is 159 cm³/mol. The Morgan fingerprint density at radius 2 is 1.49 bits per heavy atom. The first-order valence-electron chi connectivity index (χ1n) is 13.6. The monoisotopic (exact) mass is 558 g/mol. The maximum Gasteiger partial charge on any atom is 0.323 e. The molecule has 0 heterocycles. The zero-order valence-corrected chi connectivity index (χ0v) is 23.7. The number of para-hydroxylation sites is 1. The van der Waals surface area contributed by atoms with E-state index in [0.29, 0.717) is 12.1 Å². The highest BCUT2D eigenvalue weighted by Gasteiger charge is 2.23. The van der Waals surface area contributed by atoms with Crippen molar-refractivity contribution in [3.63, 3.8) is 0 Å². The van der Waals surface area contributed by atoms with E-state index in [4.69, 9.17) is 0 Å². The number of carboxylic acids is 1. The van der Waals surface area contributed by atoms with Gasteiger partial charge in [-0.05, 0) is 54.2 Å². The van der Waals surface area contributed by atoms with E-state index in [2.05, 4.69) is 16.0 Å². The maximum absolute atomic E-state index is 13.1. The van der Waals surface area contributed by atoms with Gasteiger partial charge in [-0.1, -0.05) is 74.5 Å². The van der Waals surface area contributed by atoms with Crippen LogP contribution in [0.25, 0.3) is 0 Å². The van der Waals surface area contributed by atoms with Crippen LogP contribution in [0.3, 0.4) is 0 Å². The minimum Gasteiger partial charge on any atom is -0.480 e. The van der Waals surface area contributed by atoms with Crippen LogP contribution >= 0.6 is 0 Å². The summed E-state index contributed by atoms with van der Waals surface area (Å²) in [6.07, 6.45) is 0.673. The molecule has 4 N–H and O–H groups in total. The molecule has 0 saturated carbocycles. The Labute approximate surface area is 241 Å². The number of benzene rings is 3. The number of carbonyl (C=O) groups excluding carboxylic acids is 3. The van der Waals surface area contributed by atoms with Crippen molar-refractivity contribution < 1.29 is 24.3 Å². The smallest absolute Gasteiger partial charge is 0.323 e. The van der Waals surface area contributed by atoms with Crippen LogP contribution in [0.15, 0.2) is 78.9 Å². The molecule has 0 radical (unpaired) electrons. The zero-order chi connectivity index (χ0) is 29.8. The molecule has 0 fully saturated rings. The highest BCUT2D eigenvalue weighted by Crippen LogP contribution is 2.16. The van der Waals surface area contributed by atoms with Gasteiger partial charge in [-0.3, -0.25) is 14.4 Å². The molecule has 0 saturated heterocycles. The van der Waals surface area contributed by atoms with Gasteiger partial charge in [0.15, 0.2) is 0 Å². The van der Waals surface area contributed by atoms with Crippen LogP contribution in [0, 0.1) is 12.8 Å². The molecule has 3 aromatic rings. The SMILES string of the molecule is Cc1ccccc1NC(=O)Nc1ccc(CC(=O)N[C@H](CC(=O)N(CC(=O)O)Cc2ccccc2)CC(C)C)cc1. The minimum atomic E-state index is -1.09. The molecule has 3 aromatic carbocycles. The van der Waals surface area contributed by atoms with Gasteiger partial charge in [0, 0.05) is 30.4 Å². The molecule has 3 rings (SSSR count). The Hall–Kier alpha value is -4.66. The van der Waals surface area contributed by atoms with Crippen molar-refractivity contribution in [2.45, 2.75) is 52.6 Å². The topological polar surface area (TPSA) is 128 Å². The number of urea groups is 1. The fraction of sp³-hybridized carbons (Fsp3) is 0.312. The number of anilines is 2. The van der Waals surface area contributed by atoms with E-state index in [9.17, 15) is 24.3 Å². The number of hydrogen-bond acceptors (Lipinski definition) is 4. The largest absolute Gasteiger partial charge is 0.480 e. The Balaban J connectivity index is 1.57. The summed E-state index contributed by atoms with van der Waals surface area (Å²) in [5.41, 5.74) is 3.84. The Kier molecular flexibility index (Phi) is 11.5. The number of nitrogens with zero attached hydrogens (tertiary/aromatic N) is 1. The average molecular weight is 559 g/mol. The fourth-order valence-corrected chi connectivity index (χ4v) is 4.47. The first kappa shape index (κ1) is 30.9. The van der Waals surface area contributed by atoms with Gasteiger partial charge in [-0.15, -0.1) is 0 Å². The van der Waals surface area contributed by atoms with Crippen molar-refractivity contribution in [1.29, 1.82) is 0 Å². The second-order valence-electron chi connectivity index (χ2n) is 10.5. The molecule has 216 valence electrons. The van der Waals surface area contributed by atoms with Crippen molar-refractivity contribution in [2.75, 3.05) is 17.2 Å². The van der Waals surface area contributed by atoms with E-state index < -0.39 is 18.6 Å². The summed E-state index contributed by atoms with van der Waals surface area (Å²) in [5, 5.41) is 17.9. The summed E-state index contributed by atoms with van der Waals surface area (Å²) in [4.78, 5) is 51.2. The third-order valence-electron chi connectivity index (χ3n) is 6.41. The fourth-order valence-electron chi connectivity index (χ4n) is 4.47. The summed E-state index contributed by atoms with van der Waals surface area (Å²) in [7, 11) is 0. The van der Waals surface area contributed by atoms with Crippen molar-refractivity contribution in [2.24, 2.45) is 5.92 Å². The first-order chi connectivity index (χ1) is 19.6. The van der Waals surface area contributed by atoms with E-state index in [1.807, 2.05) is 75.4 Å². The van der Waals surface area contributed by atoms with Crippen LogP contribution < -0.4 is 16.0 Å². The molecule has 9 heteroatoms. The molecule has 0 aliphatic carbocycles. The van der Waals surface area contributed by atoms with Crippen LogP contribution in [0.4, 0.5) is 16.2 Å². The second-order valence-corrected chi connectivity index (χ2v) is 10.5. The lowest BCUT2D eigenvalue weighted by Crippen LogP contribution is -2.43. The van der Waals surface area contributed by atoms with E-state index >= 15 is 0 Å². The van der Waals surface area contributed by atoms with Crippen LogP contribution in [0.1, 0.15) is 43.4 Å². The van der Waals surface area contributed by atoms with Crippen LogP contribution in [0.5, 0.6) is 0 Å². The van der Waals surface area contributed by atoms with Crippen LogP contribution in [0.2, 0.25) is 0 Å². The lowest BCUT2D eigenvalue weighted by molar-refractivity contribution is -0.145. The lowest BCUT2D eigenvalue weighted by Gasteiger charge is -2.25. The Morgan fingerprint density at radius 3 is 2.12 bits per heavy atom. The standard InChI is InChI=1S/C32H38N4O5/c1-22(2)17-27(19-30(38)36(21-31(39)40)20-25-10-5-4-6-11-25)33-29(37)18-24-13-15-26(16-14-24)34-32(41)35-28-12-8-7-9-23(28)3/h4-16,22,27H,17-21H2,1-3H3,(H,33,37)(H,39,40)(H2,34,35,41)/t27-/m0/s1. The summed E-state index contributed by atoms with van der Waals surface area (Å²) < 4.78 is 0. The number of amides is 4. The van der Waals surface area contributed by atoms with Gasteiger partial charge < -0.3 is 26.0 Å². The quantitative estimate of drug-likeness (QED) is 0.229. The number of carbonyl (C=O) groups is 4. The molecule has 9 nitrogen and oxygen atoms in total. The maximum atomic E-state index is 13.1. The van der Waals surface area contributed by atoms with Crippen molar-refractivity contribution >= 4 is 35.2 Å². The van der Waals surface area contributed by atoms with Crippen molar-refractivity contribution in [3.8, 4) is 0 Å². The molecule has 4 amide bonds. The van der Waals surface area contributed by atoms with E-state index in [1.165, 1.54) is 4.90 Å². The number of rotatable bonds is 13. The molecule has 41 heavy (non-hydrogen) atoms. The van der Waals surface area contributed by atoms with E-state index in [0.717, 1.165) is 22.4 Å². The van der Waals surface area contributed by atoms with Gasteiger partial charge in [0.25, 0.3) is 0 Å². The molecule has 0 spiro atoms. The number of carboxylic acid groups (broad SMARTS) is 1. The number of aryl methyl sites for hydroxylation is 1. The van der Waals surface area contributed by atoms with Gasteiger partial charge in [0.2, 0.25) is 11.8 Å². The zero-order valence-electron chi connectivity index (χ0n) is 23.7. The van der Waals surface area contributed by atoms with Gasteiger partial charge in [-0.2, -0.15) is 0 Å². The van der Waals surface area contributed by atoms with Gasteiger partial charge >= 0.3 is 12.0 Å². The minimum absolute atomic E-state index is 0.00287. The van der Waals surface area contributed by atoms with Crippen molar-refractivity contribution in [1.82, 2.24) is 10.2 Å². The summed E-state index contributed by atoms with van der Waals surface area (Å²) in [5.74, 6) is -1.45. The van der Waals surface area contributed by atoms with Gasteiger partial charge in [0.05, 0.1) is 6.42 Å². The average Bonchev–Trinajstić information content (AvgIpc) is 2.90. The first-order valence-corrected chi connectivity index (χ1v) is 13.6. The van der Waals surface area contributed by atoms with Crippen molar-refractivity contribution in [3.05, 3.63) is 95.6 Å². The third-order valence-corrected chi connectivity index (χ3v) is 6.41.